The monoisotopic (exact) mass is 331 g/mol. The van der Waals surface area contributed by atoms with Gasteiger partial charge in [-0.15, -0.1) is 11.3 Å². The van der Waals surface area contributed by atoms with Crippen LogP contribution in [0.25, 0.3) is 0 Å². The highest BCUT2D eigenvalue weighted by molar-refractivity contribution is 9.10. The predicted molar refractivity (Wildman–Crippen MR) is 74.0 cm³/mol. The molecule has 0 aliphatic carbocycles. The third-order valence-electron chi connectivity index (χ3n) is 2.13. The zero-order chi connectivity index (χ0) is 12.5. The highest BCUT2D eigenvalue weighted by Crippen LogP contribution is 2.27. The van der Waals surface area contributed by atoms with E-state index in [0.29, 0.717) is 9.90 Å². The van der Waals surface area contributed by atoms with Gasteiger partial charge in [-0.1, -0.05) is 12.1 Å². The van der Waals surface area contributed by atoms with Gasteiger partial charge in [-0.2, -0.15) is 0 Å². The zero-order valence-electron chi connectivity index (χ0n) is 8.98. The molecule has 0 unspecified atom stereocenters. The third kappa shape index (κ3) is 2.88. The SMILES string of the molecule is Cc1ccc(Br)c(NS(=O)(=O)c2cccs2)c1. The van der Waals surface area contributed by atoms with Crippen LogP contribution < -0.4 is 4.72 Å². The van der Waals surface area contributed by atoms with Gasteiger partial charge in [0.2, 0.25) is 0 Å². The average molecular weight is 332 g/mol. The lowest BCUT2D eigenvalue weighted by molar-refractivity contribution is 0.603. The van der Waals surface area contributed by atoms with Crippen LogP contribution in [0.15, 0.2) is 44.4 Å². The molecule has 0 atom stereocenters. The minimum Gasteiger partial charge on any atom is -0.278 e. The van der Waals surface area contributed by atoms with E-state index in [1.807, 2.05) is 19.1 Å². The van der Waals surface area contributed by atoms with Crippen LogP contribution in [0.2, 0.25) is 0 Å². The molecule has 0 saturated heterocycles. The Labute approximate surface area is 113 Å². The molecule has 1 aromatic heterocycles. The molecule has 0 amide bonds. The summed E-state index contributed by atoms with van der Waals surface area (Å²) in [4.78, 5) is 0. The Balaban J connectivity index is 2.36. The Morgan fingerprint density at radius 2 is 2.06 bits per heavy atom. The van der Waals surface area contributed by atoms with Crippen LogP contribution in [-0.4, -0.2) is 8.42 Å². The van der Waals surface area contributed by atoms with Crippen LogP contribution in [0.3, 0.4) is 0 Å². The zero-order valence-corrected chi connectivity index (χ0v) is 12.2. The summed E-state index contributed by atoms with van der Waals surface area (Å²) in [5.41, 5.74) is 1.55. The predicted octanol–water partition coefficient (Wildman–Crippen LogP) is 3.62. The minimum absolute atomic E-state index is 0.311. The molecule has 0 aliphatic heterocycles. The number of hydrogen-bond acceptors (Lipinski definition) is 3. The summed E-state index contributed by atoms with van der Waals surface area (Å²) < 4.78 is 27.6. The quantitative estimate of drug-likeness (QED) is 0.933. The molecular weight excluding hydrogens is 322 g/mol. The van der Waals surface area contributed by atoms with Crippen LogP contribution in [-0.2, 0) is 10.0 Å². The van der Waals surface area contributed by atoms with Crippen molar-refractivity contribution in [2.75, 3.05) is 4.72 Å². The van der Waals surface area contributed by atoms with Crippen molar-refractivity contribution >= 4 is 43.0 Å². The summed E-state index contributed by atoms with van der Waals surface area (Å²) in [5.74, 6) is 0. The molecule has 3 nitrogen and oxygen atoms in total. The Kier molecular flexibility index (Phi) is 3.56. The largest absolute Gasteiger partial charge is 0.278 e. The molecule has 2 rings (SSSR count). The molecular formula is C11H10BrNO2S2. The summed E-state index contributed by atoms with van der Waals surface area (Å²) in [6, 6.07) is 8.81. The van der Waals surface area contributed by atoms with E-state index in [4.69, 9.17) is 0 Å². The van der Waals surface area contributed by atoms with Gasteiger partial charge in [0.05, 0.1) is 5.69 Å². The molecule has 1 N–H and O–H groups in total. The Bertz CT molecular complexity index is 621. The molecule has 17 heavy (non-hydrogen) atoms. The number of benzene rings is 1. The van der Waals surface area contributed by atoms with E-state index in [1.54, 1.807) is 23.6 Å². The number of hydrogen-bond donors (Lipinski definition) is 1. The summed E-state index contributed by atoms with van der Waals surface area (Å²) in [6.45, 7) is 1.91. The maximum absolute atomic E-state index is 12.0. The van der Waals surface area contributed by atoms with Gasteiger partial charge >= 0.3 is 0 Å². The Morgan fingerprint density at radius 3 is 2.71 bits per heavy atom. The molecule has 2 aromatic rings. The lowest BCUT2D eigenvalue weighted by atomic mass is 10.2. The fourth-order valence-electron chi connectivity index (χ4n) is 1.33. The smallest absolute Gasteiger partial charge is 0.271 e. The van der Waals surface area contributed by atoms with Crippen molar-refractivity contribution in [3.63, 3.8) is 0 Å². The fraction of sp³-hybridized carbons (Fsp3) is 0.0909. The molecule has 0 aliphatic rings. The molecule has 0 spiro atoms. The van der Waals surface area contributed by atoms with Crippen molar-refractivity contribution in [3.8, 4) is 0 Å². The summed E-state index contributed by atoms with van der Waals surface area (Å²) in [6.07, 6.45) is 0. The first-order chi connectivity index (χ1) is 7.99. The number of thiophene rings is 1. The maximum atomic E-state index is 12.0. The lowest BCUT2D eigenvalue weighted by Crippen LogP contribution is -2.11. The Morgan fingerprint density at radius 1 is 1.29 bits per heavy atom. The highest BCUT2D eigenvalue weighted by Gasteiger charge is 2.16. The summed E-state index contributed by atoms with van der Waals surface area (Å²) in [7, 11) is -3.47. The van der Waals surface area contributed by atoms with E-state index in [1.165, 1.54) is 11.3 Å². The van der Waals surface area contributed by atoms with Gasteiger partial charge in [-0.05, 0) is 52.0 Å². The third-order valence-corrected chi connectivity index (χ3v) is 5.58. The lowest BCUT2D eigenvalue weighted by Gasteiger charge is -2.09. The van der Waals surface area contributed by atoms with Crippen molar-refractivity contribution in [1.29, 1.82) is 0 Å². The van der Waals surface area contributed by atoms with E-state index in [0.717, 1.165) is 10.0 Å². The first kappa shape index (κ1) is 12.6. The van der Waals surface area contributed by atoms with Crippen molar-refractivity contribution in [2.24, 2.45) is 0 Å². The number of rotatable bonds is 3. The van der Waals surface area contributed by atoms with Gasteiger partial charge in [0.1, 0.15) is 4.21 Å². The average Bonchev–Trinajstić information content (AvgIpc) is 2.77. The number of sulfonamides is 1. The van der Waals surface area contributed by atoms with Gasteiger partial charge < -0.3 is 0 Å². The number of aryl methyl sites for hydroxylation is 1. The van der Waals surface area contributed by atoms with E-state index in [9.17, 15) is 8.42 Å². The number of nitrogens with one attached hydrogen (secondary N) is 1. The van der Waals surface area contributed by atoms with E-state index in [-0.39, 0.29) is 0 Å². The van der Waals surface area contributed by atoms with Crippen molar-refractivity contribution in [2.45, 2.75) is 11.1 Å². The van der Waals surface area contributed by atoms with E-state index >= 15 is 0 Å². The molecule has 1 aromatic carbocycles. The topological polar surface area (TPSA) is 46.2 Å². The Hall–Kier alpha value is -0.850. The first-order valence-corrected chi connectivity index (χ1v) is 7.97. The minimum atomic E-state index is -3.47. The highest BCUT2D eigenvalue weighted by atomic mass is 79.9. The summed E-state index contributed by atoms with van der Waals surface area (Å²) in [5, 5.41) is 1.74. The van der Waals surface area contributed by atoms with Gasteiger partial charge in [0, 0.05) is 4.47 Å². The van der Waals surface area contributed by atoms with E-state index in [2.05, 4.69) is 20.7 Å². The van der Waals surface area contributed by atoms with Gasteiger partial charge in [-0.25, -0.2) is 8.42 Å². The standard InChI is InChI=1S/C11H10BrNO2S2/c1-8-4-5-9(12)10(7-8)13-17(14,15)11-3-2-6-16-11/h2-7,13H,1H3. The molecule has 0 bridgehead atoms. The molecule has 0 fully saturated rings. The number of halogens is 1. The van der Waals surface area contributed by atoms with Crippen molar-refractivity contribution < 1.29 is 8.42 Å². The van der Waals surface area contributed by atoms with Crippen molar-refractivity contribution in [3.05, 3.63) is 45.7 Å². The van der Waals surface area contributed by atoms with Crippen LogP contribution >= 0.6 is 27.3 Å². The van der Waals surface area contributed by atoms with Gasteiger partial charge in [0.15, 0.2) is 0 Å². The van der Waals surface area contributed by atoms with Crippen LogP contribution in [0, 0.1) is 6.92 Å². The second kappa shape index (κ2) is 4.80. The molecule has 1 heterocycles. The van der Waals surface area contributed by atoms with Crippen LogP contribution in [0.1, 0.15) is 5.56 Å². The fourth-order valence-corrected chi connectivity index (χ4v) is 3.87. The number of anilines is 1. The molecule has 6 heteroatoms. The van der Waals surface area contributed by atoms with Crippen molar-refractivity contribution in [1.82, 2.24) is 0 Å². The molecule has 90 valence electrons. The normalized spacial score (nSPS) is 11.4. The van der Waals surface area contributed by atoms with Crippen LogP contribution in [0.5, 0.6) is 0 Å². The van der Waals surface area contributed by atoms with Crippen LogP contribution in [0.4, 0.5) is 5.69 Å². The van der Waals surface area contributed by atoms with E-state index < -0.39 is 10.0 Å². The second-order valence-electron chi connectivity index (χ2n) is 3.52. The van der Waals surface area contributed by atoms with Gasteiger partial charge in [0.25, 0.3) is 10.0 Å². The first-order valence-electron chi connectivity index (χ1n) is 4.81. The summed E-state index contributed by atoms with van der Waals surface area (Å²) >= 11 is 4.52. The van der Waals surface area contributed by atoms with Gasteiger partial charge in [-0.3, -0.25) is 4.72 Å². The molecule has 0 saturated carbocycles. The molecule has 0 radical (unpaired) electrons. The maximum Gasteiger partial charge on any atom is 0.271 e. The second-order valence-corrected chi connectivity index (χ2v) is 7.23.